The van der Waals surface area contributed by atoms with Crippen molar-refractivity contribution in [3.05, 3.63) is 121 Å². The monoisotopic (exact) mass is 514 g/mol. The second-order valence-corrected chi connectivity index (χ2v) is 10.3. The Balaban J connectivity index is 1.24. The third-order valence-corrected chi connectivity index (χ3v) is 8.09. The lowest BCUT2D eigenvalue weighted by Gasteiger charge is -2.18. The van der Waals surface area contributed by atoms with Gasteiger partial charge in [0.05, 0.1) is 0 Å². The molecule has 7 aromatic carbocycles. The maximum absolute atomic E-state index is 6.60. The molecule has 0 N–H and O–H groups in total. The van der Waals surface area contributed by atoms with Crippen molar-refractivity contribution in [3.63, 3.8) is 0 Å². The van der Waals surface area contributed by atoms with Gasteiger partial charge in [-0.05, 0) is 44.5 Å². The summed E-state index contributed by atoms with van der Waals surface area (Å²) in [5, 5.41) is 8.53. The van der Waals surface area contributed by atoms with Crippen LogP contribution in [-0.2, 0) is 0 Å². The zero-order valence-electron chi connectivity index (χ0n) is 21.3. The van der Waals surface area contributed by atoms with Gasteiger partial charge in [0.2, 0.25) is 0 Å². The minimum absolute atomic E-state index is 0.587. The molecule has 0 aromatic heterocycles. The summed E-state index contributed by atoms with van der Waals surface area (Å²) < 4.78 is 26.2. The third kappa shape index (κ3) is 3.04. The van der Waals surface area contributed by atoms with Crippen LogP contribution in [0.3, 0.4) is 0 Å². The fraction of sp³-hybridized carbons (Fsp3) is 0. The lowest BCUT2D eigenvalue weighted by atomic mass is 9.66. The highest BCUT2D eigenvalue weighted by molar-refractivity contribution is 6.75. The molecular weight excluding hydrogens is 494 g/mol. The first-order chi connectivity index (χ1) is 19.8. The first-order valence-electron chi connectivity index (χ1n) is 13.5. The van der Waals surface area contributed by atoms with Crippen LogP contribution in [0.25, 0.3) is 43.1 Å². The quantitative estimate of drug-likeness (QED) is 0.192. The molecule has 0 bridgehead atoms. The molecule has 4 nitrogen and oxygen atoms in total. The molecule has 0 saturated carbocycles. The Labute approximate surface area is 230 Å². The molecule has 7 aromatic rings. The Morgan fingerprint density at radius 1 is 0.325 bits per heavy atom. The molecule has 2 aliphatic heterocycles. The van der Waals surface area contributed by atoms with Gasteiger partial charge in [0.25, 0.3) is 0 Å². The van der Waals surface area contributed by atoms with Gasteiger partial charge in [-0.2, -0.15) is 0 Å². The second-order valence-electron chi connectivity index (χ2n) is 10.3. The summed E-state index contributed by atoms with van der Waals surface area (Å²) >= 11 is 0. The maximum atomic E-state index is 6.60. The maximum Gasteiger partial charge on any atom is 0.634 e. The Morgan fingerprint density at radius 3 is 1.07 bits per heavy atom. The van der Waals surface area contributed by atoms with Crippen LogP contribution in [-0.4, -0.2) is 14.2 Å². The summed E-state index contributed by atoms with van der Waals surface area (Å²) in [6, 6.07) is 41.4. The van der Waals surface area contributed by atoms with Gasteiger partial charge in [-0.1, -0.05) is 109 Å². The zero-order chi connectivity index (χ0) is 26.2. The average Bonchev–Trinajstić information content (AvgIpc) is 3.64. The van der Waals surface area contributed by atoms with Crippen molar-refractivity contribution >= 4 is 68.3 Å². The molecule has 0 amide bonds. The average molecular weight is 514 g/mol. The SMILES string of the molecule is c1ccc2c3c(ccc2c1)OB(c1c2ccccc2c(B2Oc4ccc5ccccc5c4O2)c2ccccc12)O3. The third-order valence-electron chi connectivity index (χ3n) is 8.09. The molecule has 2 aliphatic rings. The van der Waals surface area contributed by atoms with Crippen LogP contribution in [0.4, 0.5) is 0 Å². The van der Waals surface area contributed by atoms with Crippen molar-refractivity contribution in [1.82, 2.24) is 0 Å². The van der Waals surface area contributed by atoms with Crippen LogP contribution in [0, 0.1) is 0 Å². The van der Waals surface area contributed by atoms with Crippen molar-refractivity contribution in [2.75, 3.05) is 0 Å². The van der Waals surface area contributed by atoms with Gasteiger partial charge in [-0.15, -0.1) is 0 Å². The smallest absolute Gasteiger partial charge is 0.519 e. The molecule has 6 heteroatoms. The fourth-order valence-electron chi connectivity index (χ4n) is 6.31. The Bertz CT molecular complexity index is 1950. The zero-order valence-corrected chi connectivity index (χ0v) is 21.3. The standard InChI is InChI=1S/C34H20B2O4/c1-3-11-23-21(9-1)17-19-29-33(23)39-35(37-29)31-25-13-5-7-15-27(25)32(28-16-8-6-14-26(28)31)36-38-30-20-18-22-10-2-4-12-24(22)34(30)40-36/h1-20H. The van der Waals surface area contributed by atoms with Gasteiger partial charge in [-0.25, -0.2) is 0 Å². The molecule has 0 spiro atoms. The molecule has 0 fully saturated rings. The summed E-state index contributed by atoms with van der Waals surface area (Å²) in [7, 11) is -1.17. The van der Waals surface area contributed by atoms with Crippen LogP contribution >= 0.6 is 0 Å². The van der Waals surface area contributed by atoms with E-state index in [1.165, 1.54) is 0 Å². The lowest BCUT2D eigenvalue weighted by molar-refractivity contribution is 0.520. The first kappa shape index (κ1) is 21.8. The molecule has 9 rings (SSSR count). The Kier molecular flexibility index (Phi) is 4.47. The number of hydrogen-bond donors (Lipinski definition) is 0. The summed E-state index contributed by atoms with van der Waals surface area (Å²) in [6.07, 6.45) is 0. The van der Waals surface area contributed by atoms with Crippen molar-refractivity contribution in [1.29, 1.82) is 0 Å². The molecule has 0 aliphatic carbocycles. The van der Waals surface area contributed by atoms with Gasteiger partial charge in [0.1, 0.15) is 11.5 Å². The second kappa shape index (κ2) is 8.20. The highest BCUT2D eigenvalue weighted by Gasteiger charge is 2.42. The van der Waals surface area contributed by atoms with E-state index in [0.717, 1.165) is 77.0 Å². The molecule has 0 unspecified atom stereocenters. The Morgan fingerprint density at radius 2 is 0.675 bits per heavy atom. The molecule has 0 saturated heterocycles. The highest BCUT2D eigenvalue weighted by Crippen LogP contribution is 2.42. The van der Waals surface area contributed by atoms with Gasteiger partial charge in [0, 0.05) is 21.7 Å². The lowest BCUT2D eigenvalue weighted by Crippen LogP contribution is -2.45. The summed E-state index contributed by atoms with van der Waals surface area (Å²) in [6.45, 7) is 0. The first-order valence-corrected chi connectivity index (χ1v) is 13.5. The van der Waals surface area contributed by atoms with E-state index >= 15 is 0 Å². The van der Waals surface area contributed by atoms with E-state index in [2.05, 4.69) is 84.9 Å². The predicted octanol–water partition coefficient (Wildman–Crippen LogP) is 6.63. The van der Waals surface area contributed by atoms with Gasteiger partial charge in [-0.3, -0.25) is 0 Å². The fourth-order valence-corrected chi connectivity index (χ4v) is 6.31. The van der Waals surface area contributed by atoms with E-state index in [-0.39, 0.29) is 0 Å². The van der Waals surface area contributed by atoms with Crippen molar-refractivity contribution in [2.45, 2.75) is 0 Å². The summed E-state index contributed by atoms with van der Waals surface area (Å²) in [5.41, 5.74) is 1.99. The van der Waals surface area contributed by atoms with E-state index < -0.39 is 14.2 Å². The van der Waals surface area contributed by atoms with Crippen molar-refractivity contribution in [3.8, 4) is 23.0 Å². The van der Waals surface area contributed by atoms with Crippen LogP contribution in [0.2, 0.25) is 0 Å². The molecule has 0 atom stereocenters. The van der Waals surface area contributed by atoms with Gasteiger partial charge < -0.3 is 18.6 Å². The van der Waals surface area contributed by atoms with Crippen LogP contribution < -0.4 is 29.5 Å². The summed E-state index contributed by atoms with van der Waals surface area (Å²) in [5.74, 6) is 3.08. The minimum atomic E-state index is -0.587. The number of hydrogen-bond acceptors (Lipinski definition) is 4. The van der Waals surface area contributed by atoms with Crippen LogP contribution in [0.1, 0.15) is 0 Å². The predicted molar refractivity (Wildman–Crippen MR) is 163 cm³/mol. The largest absolute Gasteiger partial charge is 0.634 e. The van der Waals surface area contributed by atoms with Crippen molar-refractivity contribution in [2.24, 2.45) is 0 Å². The van der Waals surface area contributed by atoms with E-state index in [4.69, 9.17) is 18.6 Å². The van der Waals surface area contributed by atoms with Crippen molar-refractivity contribution < 1.29 is 18.6 Å². The topological polar surface area (TPSA) is 36.9 Å². The molecule has 2 heterocycles. The van der Waals surface area contributed by atoms with E-state index in [1.807, 2.05) is 36.4 Å². The molecule has 186 valence electrons. The minimum Gasteiger partial charge on any atom is -0.519 e. The molecule has 40 heavy (non-hydrogen) atoms. The van der Waals surface area contributed by atoms with E-state index in [9.17, 15) is 0 Å². The van der Waals surface area contributed by atoms with E-state index in [1.54, 1.807) is 0 Å². The van der Waals surface area contributed by atoms with Gasteiger partial charge >= 0.3 is 14.2 Å². The highest BCUT2D eigenvalue weighted by atomic mass is 16.6. The van der Waals surface area contributed by atoms with Crippen LogP contribution in [0.15, 0.2) is 121 Å². The van der Waals surface area contributed by atoms with E-state index in [0.29, 0.717) is 0 Å². The van der Waals surface area contributed by atoms with Crippen LogP contribution in [0.5, 0.6) is 23.0 Å². The Hall–Kier alpha value is -5.09. The number of benzene rings is 7. The normalized spacial score (nSPS) is 13.7. The molecular formula is C34H20B2O4. The molecule has 0 radical (unpaired) electrons. The number of rotatable bonds is 2. The summed E-state index contributed by atoms with van der Waals surface area (Å²) in [4.78, 5) is 0. The number of fused-ring (bicyclic) bond motifs is 8. The van der Waals surface area contributed by atoms with Gasteiger partial charge in [0.15, 0.2) is 11.5 Å².